The number of methoxy groups -OCH3 is 1. The summed E-state index contributed by atoms with van der Waals surface area (Å²) in [4.78, 5) is 13.6. The zero-order valence-corrected chi connectivity index (χ0v) is 13.8. The molecule has 5 nitrogen and oxygen atoms in total. The van der Waals surface area contributed by atoms with E-state index in [1.54, 1.807) is 43.4 Å². The summed E-state index contributed by atoms with van der Waals surface area (Å²) in [5, 5.41) is 12.5. The molecule has 0 aromatic heterocycles. The molecule has 6 heteroatoms. The lowest BCUT2D eigenvalue weighted by Crippen LogP contribution is -2.37. The molecule has 0 aliphatic heterocycles. The number of phenolic OH excluding ortho intramolecular Hbond substituents is 1. The minimum Gasteiger partial charge on any atom is -0.504 e. The molecule has 0 bridgehead atoms. The molecular weight excluding hydrogens is 311 g/mol. The van der Waals surface area contributed by atoms with E-state index in [2.05, 4.69) is 5.32 Å². The average Bonchev–Trinajstić information content (AvgIpc) is 2.56. The number of ether oxygens (including phenoxy) is 1. The molecule has 0 aliphatic carbocycles. The van der Waals surface area contributed by atoms with Gasteiger partial charge in [-0.2, -0.15) is 0 Å². The van der Waals surface area contributed by atoms with Crippen LogP contribution in [0.3, 0.4) is 0 Å². The lowest BCUT2D eigenvalue weighted by atomic mass is 10.1. The number of nitrogens with zero attached hydrogens (tertiary/aromatic N) is 1. The summed E-state index contributed by atoms with van der Waals surface area (Å²) in [6, 6.07) is 11.2. The fraction of sp³-hybridized carbons (Fsp3) is 0.278. The molecule has 0 atom stereocenters. The minimum absolute atomic E-state index is 0.0309. The van der Waals surface area contributed by atoms with Crippen molar-refractivity contribution in [1.82, 2.24) is 10.2 Å². The van der Waals surface area contributed by atoms with Crippen LogP contribution in [0.25, 0.3) is 0 Å². The molecule has 2 rings (SSSR count). The molecule has 0 heterocycles. The van der Waals surface area contributed by atoms with Gasteiger partial charge in [0, 0.05) is 20.1 Å². The summed E-state index contributed by atoms with van der Waals surface area (Å²) in [5.74, 6) is 0.146. The molecule has 2 aromatic carbocycles. The quantitative estimate of drug-likeness (QED) is 0.855. The third kappa shape index (κ3) is 4.62. The van der Waals surface area contributed by atoms with E-state index in [0.717, 1.165) is 5.56 Å². The van der Waals surface area contributed by atoms with Crippen molar-refractivity contribution in [3.63, 3.8) is 0 Å². The van der Waals surface area contributed by atoms with Crippen LogP contribution >= 0.6 is 0 Å². The number of rotatable bonds is 6. The van der Waals surface area contributed by atoms with Crippen molar-refractivity contribution < 1.29 is 19.0 Å². The highest BCUT2D eigenvalue weighted by Crippen LogP contribution is 2.26. The van der Waals surface area contributed by atoms with Crippen LogP contribution in [0.1, 0.15) is 11.1 Å². The molecule has 0 aliphatic rings. The van der Waals surface area contributed by atoms with E-state index in [9.17, 15) is 14.3 Å². The molecule has 24 heavy (non-hydrogen) atoms. The third-order valence-electron chi connectivity index (χ3n) is 3.64. The number of urea groups is 1. The molecular formula is C18H21FN2O3. The zero-order chi connectivity index (χ0) is 17.5. The molecule has 0 radical (unpaired) electrons. The van der Waals surface area contributed by atoms with E-state index in [4.69, 9.17) is 4.74 Å². The van der Waals surface area contributed by atoms with Crippen LogP contribution in [-0.4, -0.2) is 36.7 Å². The number of hydrogen-bond acceptors (Lipinski definition) is 3. The maximum atomic E-state index is 13.5. The highest BCUT2D eigenvalue weighted by atomic mass is 19.1. The number of phenols is 1. The number of aromatic hydroxyl groups is 1. The predicted octanol–water partition coefficient (Wildman–Crippen LogP) is 2.92. The van der Waals surface area contributed by atoms with E-state index in [1.807, 2.05) is 0 Å². The molecule has 2 aromatic rings. The van der Waals surface area contributed by atoms with Gasteiger partial charge in [0.25, 0.3) is 0 Å². The number of halogens is 1. The maximum absolute atomic E-state index is 13.5. The number of carbonyl (C=O) groups excluding carboxylic acids is 1. The SMILES string of the molecule is COc1ccc(CN(C)C(=O)NCCc2ccccc2F)cc1O. The standard InChI is InChI=1S/C18H21FN2O3/c1-21(12-13-7-8-17(24-2)16(22)11-13)18(23)20-10-9-14-5-3-4-6-15(14)19/h3-8,11,22H,9-10,12H2,1-2H3,(H,20,23). The largest absolute Gasteiger partial charge is 0.504 e. The van der Waals surface area contributed by atoms with E-state index >= 15 is 0 Å². The highest BCUT2D eigenvalue weighted by Gasteiger charge is 2.10. The van der Waals surface area contributed by atoms with Crippen LogP contribution in [0.4, 0.5) is 9.18 Å². The molecule has 128 valence electrons. The third-order valence-corrected chi connectivity index (χ3v) is 3.64. The number of hydrogen-bond donors (Lipinski definition) is 2. The number of amides is 2. The Morgan fingerprint density at radius 3 is 2.71 bits per heavy atom. The van der Waals surface area contributed by atoms with Crippen LogP contribution in [-0.2, 0) is 13.0 Å². The Balaban J connectivity index is 1.84. The Morgan fingerprint density at radius 2 is 2.04 bits per heavy atom. The van der Waals surface area contributed by atoms with Gasteiger partial charge in [-0.1, -0.05) is 24.3 Å². The van der Waals surface area contributed by atoms with Gasteiger partial charge in [0.15, 0.2) is 11.5 Å². The Kier molecular flexibility index (Phi) is 6.01. The van der Waals surface area contributed by atoms with Crippen molar-refractivity contribution in [3.05, 3.63) is 59.4 Å². The first-order chi connectivity index (χ1) is 11.5. The fourth-order valence-corrected chi connectivity index (χ4v) is 2.32. The summed E-state index contributed by atoms with van der Waals surface area (Å²) < 4.78 is 18.5. The van der Waals surface area contributed by atoms with Gasteiger partial charge < -0.3 is 20.1 Å². The lowest BCUT2D eigenvalue weighted by Gasteiger charge is -2.18. The van der Waals surface area contributed by atoms with Crippen LogP contribution in [0, 0.1) is 5.82 Å². The average molecular weight is 332 g/mol. The first-order valence-electron chi connectivity index (χ1n) is 7.59. The van der Waals surface area contributed by atoms with Gasteiger partial charge >= 0.3 is 6.03 Å². The first-order valence-corrected chi connectivity index (χ1v) is 7.59. The summed E-state index contributed by atoms with van der Waals surface area (Å²) in [7, 11) is 3.13. The molecule has 0 saturated carbocycles. The van der Waals surface area contributed by atoms with Crippen LogP contribution in [0.15, 0.2) is 42.5 Å². The zero-order valence-electron chi connectivity index (χ0n) is 13.8. The van der Waals surface area contributed by atoms with Gasteiger partial charge in [0.05, 0.1) is 7.11 Å². The Morgan fingerprint density at radius 1 is 1.29 bits per heavy atom. The van der Waals surface area contributed by atoms with Crippen molar-refractivity contribution >= 4 is 6.03 Å². The second kappa shape index (κ2) is 8.19. The van der Waals surface area contributed by atoms with Crippen molar-refractivity contribution in [2.75, 3.05) is 20.7 Å². The van der Waals surface area contributed by atoms with Crippen LogP contribution in [0.2, 0.25) is 0 Å². The summed E-state index contributed by atoms with van der Waals surface area (Å²) >= 11 is 0. The van der Waals surface area contributed by atoms with Crippen molar-refractivity contribution in [2.45, 2.75) is 13.0 Å². The molecule has 2 amide bonds. The monoisotopic (exact) mass is 332 g/mol. The maximum Gasteiger partial charge on any atom is 0.317 e. The topological polar surface area (TPSA) is 61.8 Å². The van der Waals surface area contributed by atoms with Crippen molar-refractivity contribution in [3.8, 4) is 11.5 Å². The molecule has 2 N–H and O–H groups in total. The van der Waals surface area contributed by atoms with Gasteiger partial charge in [0.2, 0.25) is 0 Å². The number of carbonyl (C=O) groups is 1. The molecule has 0 spiro atoms. The number of benzene rings is 2. The van der Waals surface area contributed by atoms with E-state index in [1.165, 1.54) is 18.1 Å². The van der Waals surface area contributed by atoms with E-state index in [0.29, 0.717) is 30.8 Å². The fourth-order valence-electron chi connectivity index (χ4n) is 2.32. The van der Waals surface area contributed by atoms with E-state index in [-0.39, 0.29) is 17.6 Å². The van der Waals surface area contributed by atoms with Crippen molar-refractivity contribution in [2.24, 2.45) is 0 Å². The Hall–Kier alpha value is -2.76. The first kappa shape index (κ1) is 17.6. The Bertz CT molecular complexity index is 706. The summed E-state index contributed by atoms with van der Waals surface area (Å²) in [6.45, 7) is 0.682. The van der Waals surface area contributed by atoms with Crippen LogP contribution < -0.4 is 10.1 Å². The van der Waals surface area contributed by atoms with Gasteiger partial charge in [-0.3, -0.25) is 0 Å². The van der Waals surface area contributed by atoms with Gasteiger partial charge in [-0.05, 0) is 35.7 Å². The van der Waals surface area contributed by atoms with Gasteiger partial charge in [-0.25, -0.2) is 9.18 Å². The number of nitrogens with one attached hydrogen (secondary N) is 1. The van der Waals surface area contributed by atoms with Crippen LogP contribution in [0.5, 0.6) is 11.5 Å². The molecule has 0 saturated heterocycles. The van der Waals surface area contributed by atoms with E-state index < -0.39 is 0 Å². The molecule has 0 fully saturated rings. The lowest BCUT2D eigenvalue weighted by molar-refractivity contribution is 0.207. The Labute approximate surface area is 140 Å². The van der Waals surface area contributed by atoms with Gasteiger partial charge in [0.1, 0.15) is 5.82 Å². The predicted molar refractivity (Wildman–Crippen MR) is 89.6 cm³/mol. The van der Waals surface area contributed by atoms with Crippen molar-refractivity contribution in [1.29, 1.82) is 0 Å². The summed E-state index contributed by atoms with van der Waals surface area (Å²) in [5.41, 5.74) is 1.35. The van der Waals surface area contributed by atoms with Gasteiger partial charge in [-0.15, -0.1) is 0 Å². The summed E-state index contributed by atoms with van der Waals surface area (Å²) in [6.07, 6.45) is 0.426. The molecule has 0 unspecified atom stereocenters. The normalized spacial score (nSPS) is 10.3. The highest BCUT2D eigenvalue weighted by molar-refractivity contribution is 5.73. The smallest absolute Gasteiger partial charge is 0.317 e. The second-order valence-corrected chi connectivity index (χ2v) is 5.44. The second-order valence-electron chi connectivity index (χ2n) is 5.44. The minimum atomic E-state index is -0.270.